The van der Waals surface area contributed by atoms with Gasteiger partial charge in [-0.2, -0.15) is 0 Å². The second kappa shape index (κ2) is 8.17. The fourth-order valence-electron chi connectivity index (χ4n) is 4.36. The predicted molar refractivity (Wildman–Crippen MR) is 116 cm³/mol. The fourth-order valence-corrected chi connectivity index (χ4v) is 4.77. The number of aryl methyl sites for hydroxylation is 1. The van der Waals surface area contributed by atoms with E-state index in [0.29, 0.717) is 12.1 Å². The number of carbonyl (C=O) groups is 1. The average molecular weight is 388 g/mol. The summed E-state index contributed by atoms with van der Waals surface area (Å²) in [5.41, 5.74) is 2.07. The molecule has 2 saturated heterocycles. The Morgan fingerprint density at radius 1 is 1.19 bits per heavy atom. The van der Waals surface area contributed by atoms with Crippen molar-refractivity contribution in [2.75, 3.05) is 5.32 Å². The van der Waals surface area contributed by atoms with E-state index in [1.165, 1.54) is 12.0 Å². The van der Waals surface area contributed by atoms with Crippen LogP contribution in [0.4, 0.5) is 5.69 Å². The molecule has 0 spiro atoms. The molecule has 2 fully saturated rings. The zero-order valence-corrected chi connectivity index (χ0v) is 17.9. The molecule has 3 atom stereocenters. The van der Waals surface area contributed by atoms with Crippen molar-refractivity contribution >= 4 is 28.9 Å². The number of carbonyl (C=O) groups excluding carboxylic acids is 1. The van der Waals surface area contributed by atoms with E-state index in [1.54, 1.807) is 0 Å². The summed E-state index contributed by atoms with van der Waals surface area (Å²) in [6.45, 7) is 8.09. The van der Waals surface area contributed by atoms with Gasteiger partial charge in [0, 0.05) is 29.2 Å². The molecule has 3 rings (SSSR count). The van der Waals surface area contributed by atoms with Gasteiger partial charge >= 0.3 is 0 Å². The molecule has 1 unspecified atom stereocenters. The van der Waals surface area contributed by atoms with Crippen LogP contribution in [-0.4, -0.2) is 34.0 Å². The van der Waals surface area contributed by atoms with Crippen molar-refractivity contribution in [1.29, 1.82) is 0 Å². The van der Waals surface area contributed by atoms with Crippen LogP contribution in [0.2, 0.25) is 0 Å². The third-order valence-electron chi connectivity index (χ3n) is 5.87. The number of thiocarbonyl (C=S) groups is 1. The van der Waals surface area contributed by atoms with Gasteiger partial charge in [-0.1, -0.05) is 45.9 Å². The fraction of sp³-hybridized carbons (Fsp3) is 0.636. The maximum atomic E-state index is 12.4. The van der Waals surface area contributed by atoms with E-state index in [4.69, 9.17) is 12.2 Å². The molecular formula is C22H33N3OS. The number of amides is 1. The largest absolute Gasteiger partial charge is 0.353 e. The van der Waals surface area contributed by atoms with Crippen LogP contribution < -0.4 is 10.6 Å². The highest BCUT2D eigenvalue weighted by molar-refractivity contribution is 7.80. The number of hydrogen-bond acceptors (Lipinski definition) is 2. The second-order valence-electron chi connectivity index (χ2n) is 8.98. The normalized spacial score (nSPS) is 25.0. The molecular weight excluding hydrogens is 354 g/mol. The minimum atomic E-state index is -0.340. The molecule has 4 nitrogen and oxygen atoms in total. The molecule has 0 aliphatic carbocycles. The summed E-state index contributed by atoms with van der Waals surface area (Å²) in [5, 5.41) is 7.63. The summed E-state index contributed by atoms with van der Waals surface area (Å²) in [6.07, 6.45) is 6.50. The molecule has 0 saturated carbocycles. The summed E-state index contributed by atoms with van der Waals surface area (Å²) in [5.74, 6) is 0.150. The van der Waals surface area contributed by atoms with Crippen LogP contribution in [0.1, 0.15) is 65.4 Å². The molecule has 2 bridgehead atoms. The number of hydrogen-bond donors (Lipinski definition) is 2. The number of benzene rings is 1. The topological polar surface area (TPSA) is 44.4 Å². The van der Waals surface area contributed by atoms with E-state index in [0.717, 1.165) is 42.9 Å². The zero-order valence-electron chi connectivity index (χ0n) is 17.0. The first-order valence-electron chi connectivity index (χ1n) is 10.3. The van der Waals surface area contributed by atoms with Gasteiger partial charge in [0.25, 0.3) is 0 Å². The maximum absolute atomic E-state index is 12.4. The van der Waals surface area contributed by atoms with Crippen LogP contribution >= 0.6 is 12.2 Å². The van der Waals surface area contributed by atoms with E-state index in [-0.39, 0.29) is 17.4 Å². The van der Waals surface area contributed by atoms with Gasteiger partial charge < -0.3 is 15.5 Å². The van der Waals surface area contributed by atoms with E-state index >= 15 is 0 Å². The van der Waals surface area contributed by atoms with E-state index in [2.05, 4.69) is 46.7 Å². The van der Waals surface area contributed by atoms with Crippen LogP contribution in [0.15, 0.2) is 24.3 Å². The third-order valence-corrected chi connectivity index (χ3v) is 6.18. The molecule has 0 aromatic heterocycles. The Bertz CT molecular complexity index is 683. The van der Waals surface area contributed by atoms with Crippen molar-refractivity contribution in [3.8, 4) is 0 Å². The molecule has 1 amide bonds. The van der Waals surface area contributed by atoms with Crippen molar-refractivity contribution < 1.29 is 4.79 Å². The standard InChI is InChI=1S/C22H33N3OS/c1-5-15-9-6-7-12-19(15)24-21(27)25-17-10-8-11-18(25)14-16(13-17)23-20(26)22(2,3)4/h6-7,9,12,16-18H,5,8,10-11,13-14H2,1-4H3,(H,23,26)(H,24,27)/t16?,17-,18+. The number of fused-ring (bicyclic) bond motifs is 2. The number of nitrogens with zero attached hydrogens (tertiary/aromatic N) is 1. The first kappa shape index (κ1) is 20.1. The van der Waals surface area contributed by atoms with Crippen molar-refractivity contribution in [2.24, 2.45) is 5.41 Å². The summed E-state index contributed by atoms with van der Waals surface area (Å²) in [4.78, 5) is 14.8. The lowest BCUT2D eigenvalue weighted by Gasteiger charge is -2.50. The van der Waals surface area contributed by atoms with Crippen molar-refractivity contribution in [3.05, 3.63) is 29.8 Å². The van der Waals surface area contributed by atoms with Crippen molar-refractivity contribution in [3.63, 3.8) is 0 Å². The number of rotatable bonds is 3. The Balaban J connectivity index is 1.69. The van der Waals surface area contributed by atoms with Gasteiger partial charge in [-0.25, -0.2) is 0 Å². The minimum absolute atomic E-state index is 0.150. The molecule has 2 aliphatic heterocycles. The van der Waals surface area contributed by atoms with Crippen LogP contribution in [-0.2, 0) is 11.2 Å². The van der Waals surface area contributed by atoms with Gasteiger partial charge in [0.2, 0.25) is 5.91 Å². The lowest BCUT2D eigenvalue weighted by Crippen LogP contribution is -2.60. The van der Waals surface area contributed by atoms with Gasteiger partial charge in [0.05, 0.1) is 0 Å². The highest BCUT2D eigenvalue weighted by atomic mass is 32.1. The average Bonchev–Trinajstić information content (AvgIpc) is 2.60. The van der Waals surface area contributed by atoms with Gasteiger partial charge in [-0.15, -0.1) is 0 Å². The summed E-state index contributed by atoms with van der Waals surface area (Å²) in [6, 6.07) is 9.48. The molecule has 2 heterocycles. The highest BCUT2D eigenvalue weighted by Crippen LogP contribution is 2.35. The quantitative estimate of drug-likeness (QED) is 0.750. The van der Waals surface area contributed by atoms with Gasteiger partial charge in [0.1, 0.15) is 0 Å². The monoisotopic (exact) mass is 387 g/mol. The highest BCUT2D eigenvalue weighted by Gasteiger charge is 2.40. The van der Waals surface area contributed by atoms with E-state index in [9.17, 15) is 4.79 Å². The maximum Gasteiger partial charge on any atom is 0.225 e. The Kier molecular flexibility index (Phi) is 6.09. The number of nitrogens with one attached hydrogen (secondary N) is 2. The minimum Gasteiger partial charge on any atom is -0.353 e. The summed E-state index contributed by atoms with van der Waals surface area (Å²) >= 11 is 5.83. The number of piperidine rings is 2. The first-order valence-corrected chi connectivity index (χ1v) is 10.7. The van der Waals surface area contributed by atoms with Crippen LogP contribution in [0, 0.1) is 5.41 Å². The smallest absolute Gasteiger partial charge is 0.225 e. The first-order chi connectivity index (χ1) is 12.8. The summed E-state index contributed by atoms with van der Waals surface area (Å²) in [7, 11) is 0. The molecule has 148 valence electrons. The van der Waals surface area contributed by atoms with Gasteiger partial charge in [-0.05, 0) is 62.4 Å². The number of anilines is 1. The second-order valence-corrected chi connectivity index (χ2v) is 9.37. The molecule has 2 aliphatic rings. The van der Waals surface area contributed by atoms with Gasteiger partial charge in [0.15, 0.2) is 5.11 Å². The Morgan fingerprint density at radius 2 is 1.81 bits per heavy atom. The lowest BCUT2D eigenvalue weighted by atomic mass is 9.81. The summed E-state index contributed by atoms with van der Waals surface area (Å²) < 4.78 is 0. The predicted octanol–water partition coefficient (Wildman–Crippen LogP) is 4.49. The van der Waals surface area contributed by atoms with Crippen LogP contribution in [0.3, 0.4) is 0 Å². The molecule has 1 aromatic carbocycles. The molecule has 27 heavy (non-hydrogen) atoms. The lowest BCUT2D eigenvalue weighted by molar-refractivity contribution is -0.129. The Labute approximate surface area is 169 Å². The van der Waals surface area contributed by atoms with Crippen LogP contribution in [0.5, 0.6) is 0 Å². The molecule has 0 radical (unpaired) electrons. The van der Waals surface area contributed by atoms with Crippen molar-refractivity contribution in [1.82, 2.24) is 10.2 Å². The molecule has 5 heteroatoms. The van der Waals surface area contributed by atoms with E-state index < -0.39 is 0 Å². The number of para-hydroxylation sites is 1. The SMILES string of the molecule is CCc1ccccc1NC(=S)N1[C@@H]2CCC[C@H]1CC(NC(=O)C(C)(C)C)C2. The third kappa shape index (κ3) is 4.63. The van der Waals surface area contributed by atoms with Gasteiger partial charge in [-0.3, -0.25) is 4.79 Å². The Hall–Kier alpha value is -1.62. The Morgan fingerprint density at radius 3 is 2.41 bits per heavy atom. The van der Waals surface area contributed by atoms with Crippen molar-refractivity contribution in [2.45, 2.75) is 84.3 Å². The zero-order chi connectivity index (χ0) is 19.6. The van der Waals surface area contributed by atoms with E-state index in [1.807, 2.05) is 20.8 Å². The van der Waals surface area contributed by atoms with Crippen LogP contribution in [0.25, 0.3) is 0 Å². The molecule has 1 aromatic rings. The molecule has 2 N–H and O–H groups in total.